The topological polar surface area (TPSA) is 44.4 Å². The summed E-state index contributed by atoms with van der Waals surface area (Å²) in [6.45, 7) is 7.77. The molecular formula is C15H25N3O. The molecule has 2 N–H and O–H groups in total. The number of carbonyl (C=O) groups excluding carboxylic acids is 1. The van der Waals surface area contributed by atoms with Gasteiger partial charge in [0.1, 0.15) is 0 Å². The molecule has 0 spiro atoms. The quantitative estimate of drug-likeness (QED) is 0.800. The highest BCUT2D eigenvalue weighted by molar-refractivity contribution is 5.73. The Morgan fingerprint density at radius 3 is 2.53 bits per heavy atom. The predicted octanol–water partition coefficient (Wildman–Crippen LogP) is 2.23. The molecule has 1 aromatic rings. The second kappa shape index (κ2) is 7.14. The number of nitrogens with one attached hydrogen (secondary N) is 2. The summed E-state index contributed by atoms with van der Waals surface area (Å²) in [7, 11) is 3.47. The maximum Gasteiger partial charge on any atom is 0.316 e. The Morgan fingerprint density at radius 1 is 1.26 bits per heavy atom. The fourth-order valence-electron chi connectivity index (χ4n) is 2.04. The summed E-state index contributed by atoms with van der Waals surface area (Å²) in [4.78, 5) is 12.9. The van der Waals surface area contributed by atoms with Crippen molar-refractivity contribution in [3.8, 4) is 0 Å². The Balaban J connectivity index is 2.39. The van der Waals surface area contributed by atoms with Crippen molar-refractivity contribution < 1.29 is 4.79 Å². The third-order valence-corrected chi connectivity index (χ3v) is 3.15. The van der Waals surface area contributed by atoms with Crippen LogP contribution in [0.1, 0.15) is 29.7 Å². The molecule has 1 atom stereocenters. The van der Waals surface area contributed by atoms with E-state index in [9.17, 15) is 4.79 Å². The van der Waals surface area contributed by atoms with Crippen molar-refractivity contribution in [1.29, 1.82) is 0 Å². The van der Waals surface area contributed by atoms with E-state index in [1.807, 2.05) is 0 Å². The molecule has 4 heteroatoms. The molecule has 0 aliphatic heterocycles. The van der Waals surface area contributed by atoms with E-state index in [0.29, 0.717) is 6.54 Å². The van der Waals surface area contributed by atoms with Crippen LogP contribution < -0.4 is 10.6 Å². The average molecular weight is 263 g/mol. The lowest BCUT2D eigenvalue weighted by Gasteiger charge is -2.18. The fraction of sp³-hybridized carbons (Fsp3) is 0.533. The third-order valence-electron chi connectivity index (χ3n) is 3.15. The number of hydrogen-bond donors (Lipinski definition) is 2. The zero-order valence-electron chi connectivity index (χ0n) is 12.6. The Bertz CT molecular complexity index is 429. The molecule has 0 aliphatic rings. The highest BCUT2D eigenvalue weighted by Crippen LogP contribution is 2.18. The Labute approximate surface area is 116 Å². The summed E-state index contributed by atoms with van der Waals surface area (Å²) in [6, 6.07) is 6.73. The van der Waals surface area contributed by atoms with Gasteiger partial charge in [-0.15, -0.1) is 0 Å². The number of nitrogens with zero attached hydrogens (tertiary/aromatic N) is 1. The fourth-order valence-corrected chi connectivity index (χ4v) is 2.04. The lowest BCUT2D eigenvalue weighted by atomic mass is 10.0. The van der Waals surface area contributed by atoms with Gasteiger partial charge in [0.05, 0.1) is 0 Å². The van der Waals surface area contributed by atoms with Crippen LogP contribution in [0.15, 0.2) is 18.2 Å². The normalized spacial score (nSPS) is 12.1. The molecule has 0 aromatic heterocycles. The molecule has 2 amide bonds. The minimum atomic E-state index is -0.0547. The van der Waals surface area contributed by atoms with Gasteiger partial charge in [-0.25, -0.2) is 4.79 Å². The van der Waals surface area contributed by atoms with Crippen molar-refractivity contribution in [1.82, 2.24) is 15.5 Å². The van der Waals surface area contributed by atoms with E-state index < -0.39 is 0 Å². The van der Waals surface area contributed by atoms with Crippen LogP contribution in [-0.2, 0) is 0 Å². The molecular weight excluding hydrogens is 238 g/mol. The number of urea groups is 1. The van der Waals surface area contributed by atoms with Crippen LogP contribution in [-0.4, -0.2) is 38.1 Å². The van der Waals surface area contributed by atoms with E-state index in [2.05, 4.69) is 49.6 Å². The van der Waals surface area contributed by atoms with E-state index >= 15 is 0 Å². The summed E-state index contributed by atoms with van der Waals surface area (Å²) in [6.07, 6.45) is 0. The number of amides is 2. The predicted molar refractivity (Wildman–Crippen MR) is 79.4 cm³/mol. The largest absolute Gasteiger partial charge is 0.337 e. The van der Waals surface area contributed by atoms with Crippen molar-refractivity contribution in [2.24, 2.45) is 0 Å². The van der Waals surface area contributed by atoms with Crippen LogP contribution in [0.25, 0.3) is 0 Å². The summed E-state index contributed by atoms with van der Waals surface area (Å²) < 4.78 is 0. The van der Waals surface area contributed by atoms with Crippen molar-refractivity contribution >= 4 is 6.03 Å². The second-order valence-electron chi connectivity index (χ2n) is 5.16. The SMILES string of the molecule is Cc1ccc(C(C)NCCNC(=O)N(C)C)c(C)c1. The van der Waals surface area contributed by atoms with E-state index in [0.717, 1.165) is 6.54 Å². The third kappa shape index (κ3) is 4.91. The van der Waals surface area contributed by atoms with Crippen molar-refractivity contribution in [3.63, 3.8) is 0 Å². The number of carbonyl (C=O) groups is 1. The first kappa shape index (κ1) is 15.5. The van der Waals surface area contributed by atoms with Crippen LogP contribution in [0.4, 0.5) is 4.79 Å². The molecule has 0 radical (unpaired) electrons. The molecule has 0 aliphatic carbocycles. The zero-order valence-corrected chi connectivity index (χ0v) is 12.6. The van der Waals surface area contributed by atoms with E-state index in [-0.39, 0.29) is 12.1 Å². The van der Waals surface area contributed by atoms with Gasteiger partial charge >= 0.3 is 6.03 Å². The molecule has 1 unspecified atom stereocenters. The molecule has 1 aromatic carbocycles. The maximum atomic E-state index is 11.3. The minimum absolute atomic E-state index is 0.0547. The van der Waals surface area contributed by atoms with Gasteiger partial charge in [-0.05, 0) is 31.9 Å². The first-order valence-electron chi connectivity index (χ1n) is 6.67. The summed E-state index contributed by atoms with van der Waals surface area (Å²) >= 11 is 0. The van der Waals surface area contributed by atoms with Crippen LogP contribution in [0, 0.1) is 13.8 Å². The Morgan fingerprint density at radius 2 is 1.95 bits per heavy atom. The standard InChI is InChI=1S/C15H25N3O/c1-11-6-7-14(12(2)10-11)13(3)16-8-9-17-15(19)18(4)5/h6-7,10,13,16H,8-9H2,1-5H3,(H,17,19). The number of aryl methyl sites for hydroxylation is 2. The average Bonchev–Trinajstić information content (AvgIpc) is 2.33. The molecule has 4 nitrogen and oxygen atoms in total. The Kier molecular flexibility index (Phi) is 5.83. The molecule has 0 bridgehead atoms. The summed E-state index contributed by atoms with van der Waals surface area (Å²) in [5, 5.41) is 6.26. The van der Waals surface area contributed by atoms with Gasteiger partial charge < -0.3 is 15.5 Å². The van der Waals surface area contributed by atoms with Gasteiger partial charge in [0, 0.05) is 33.2 Å². The van der Waals surface area contributed by atoms with Crippen LogP contribution >= 0.6 is 0 Å². The van der Waals surface area contributed by atoms with Gasteiger partial charge in [-0.2, -0.15) is 0 Å². The number of hydrogen-bond acceptors (Lipinski definition) is 2. The van der Waals surface area contributed by atoms with Crippen molar-refractivity contribution in [3.05, 3.63) is 34.9 Å². The molecule has 1 rings (SSSR count). The zero-order chi connectivity index (χ0) is 14.4. The van der Waals surface area contributed by atoms with Crippen LogP contribution in [0.2, 0.25) is 0 Å². The van der Waals surface area contributed by atoms with E-state index in [1.54, 1.807) is 14.1 Å². The van der Waals surface area contributed by atoms with E-state index in [4.69, 9.17) is 0 Å². The van der Waals surface area contributed by atoms with Gasteiger partial charge in [-0.1, -0.05) is 23.8 Å². The van der Waals surface area contributed by atoms with Gasteiger partial charge in [0.25, 0.3) is 0 Å². The minimum Gasteiger partial charge on any atom is -0.337 e. The lowest BCUT2D eigenvalue weighted by Crippen LogP contribution is -2.38. The summed E-state index contributed by atoms with van der Waals surface area (Å²) in [5.41, 5.74) is 3.90. The first-order chi connectivity index (χ1) is 8.91. The van der Waals surface area contributed by atoms with Gasteiger partial charge in [0.2, 0.25) is 0 Å². The van der Waals surface area contributed by atoms with Crippen molar-refractivity contribution in [2.75, 3.05) is 27.2 Å². The molecule has 0 saturated heterocycles. The van der Waals surface area contributed by atoms with Gasteiger partial charge in [0.15, 0.2) is 0 Å². The smallest absolute Gasteiger partial charge is 0.316 e. The molecule has 19 heavy (non-hydrogen) atoms. The van der Waals surface area contributed by atoms with Crippen molar-refractivity contribution in [2.45, 2.75) is 26.8 Å². The molecule has 0 saturated carbocycles. The highest BCUT2D eigenvalue weighted by atomic mass is 16.2. The number of benzene rings is 1. The van der Waals surface area contributed by atoms with Gasteiger partial charge in [-0.3, -0.25) is 0 Å². The molecule has 106 valence electrons. The Hall–Kier alpha value is -1.55. The maximum absolute atomic E-state index is 11.3. The lowest BCUT2D eigenvalue weighted by molar-refractivity contribution is 0.217. The van der Waals surface area contributed by atoms with Crippen LogP contribution in [0.5, 0.6) is 0 Å². The highest BCUT2D eigenvalue weighted by Gasteiger charge is 2.08. The summed E-state index contributed by atoms with van der Waals surface area (Å²) in [5.74, 6) is 0. The van der Waals surface area contributed by atoms with E-state index in [1.165, 1.54) is 21.6 Å². The number of rotatable bonds is 5. The second-order valence-corrected chi connectivity index (χ2v) is 5.16. The molecule has 0 fully saturated rings. The first-order valence-corrected chi connectivity index (χ1v) is 6.67. The molecule has 0 heterocycles. The van der Waals surface area contributed by atoms with Crippen LogP contribution in [0.3, 0.4) is 0 Å². The monoisotopic (exact) mass is 263 g/mol.